The lowest BCUT2D eigenvalue weighted by Gasteiger charge is -2.07. The molecule has 1 unspecified atom stereocenters. The molecule has 0 radical (unpaired) electrons. The van der Waals surface area contributed by atoms with Gasteiger partial charge in [0.05, 0.1) is 12.0 Å². The minimum absolute atomic E-state index is 0.205. The summed E-state index contributed by atoms with van der Waals surface area (Å²) in [5, 5.41) is 8.80. The fourth-order valence-electron chi connectivity index (χ4n) is 1.03. The quantitative estimate of drug-likeness (QED) is 0.665. The average molecular weight is 169 g/mol. The van der Waals surface area contributed by atoms with E-state index in [9.17, 15) is 0 Å². The second-order valence-corrected chi connectivity index (χ2v) is 3.05. The lowest BCUT2D eigenvalue weighted by molar-refractivity contribution is 0.223. The van der Waals surface area contributed by atoms with E-state index in [0.717, 1.165) is 12.2 Å². The highest BCUT2D eigenvalue weighted by molar-refractivity contribution is 4.95. The highest BCUT2D eigenvalue weighted by Crippen LogP contribution is 2.01. The van der Waals surface area contributed by atoms with Crippen LogP contribution in [0, 0.1) is 5.92 Å². The lowest BCUT2D eigenvalue weighted by Crippen LogP contribution is -2.09. The summed E-state index contributed by atoms with van der Waals surface area (Å²) in [6.45, 7) is 3.46. The van der Waals surface area contributed by atoms with Gasteiger partial charge in [0, 0.05) is 25.9 Å². The third-order valence-corrected chi connectivity index (χ3v) is 1.73. The zero-order valence-electron chi connectivity index (χ0n) is 7.27. The van der Waals surface area contributed by atoms with Crippen molar-refractivity contribution in [1.29, 1.82) is 0 Å². The Bertz CT molecular complexity index is 234. The van der Waals surface area contributed by atoms with Gasteiger partial charge in [-0.05, 0) is 5.92 Å². The normalized spacial score (nSPS) is 13.2. The first-order valence-corrected chi connectivity index (χ1v) is 4.07. The molecule has 1 rings (SSSR count). The molecule has 0 aliphatic heterocycles. The largest absolute Gasteiger partial charge is 0.396 e. The predicted molar refractivity (Wildman–Crippen MR) is 46.4 cm³/mol. The second kappa shape index (κ2) is 4.23. The van der Waals surface area contributed by atoms with Gasteiger partial charge in [0.15, 0.2) is 0 Å². The number of hydrogen-bond acceptors (Lipinski definition) is 3. The second-order valence-electron chi connectivity index (χ2n) is 3.05. The van der Waals surface area contributed by atoms with Crippen molar-refractivity contribution in [2.45, 2.75) is 20.0 Å². The first-order valence-electron chi connectivity index (χ1n) is 4.07. The molecule has 68 valence electrons. The summed E-state index contributed by atoms with van der Waals surface area (Å²) in [4.78, 5) is 4.08. The first-order chi connectivity index (χ1) is 5.76. The molecule has 1 aromatic rings. The van der Waals surface area contributed by atoms with E-state index in [1.165, 1.54) is 0 Å². The molecule has 0 aliphatic carbocycles. The molecule has 1 atom stereocenters. The number of rotatable bonds is 4. The molecule has 1 aromatic heterocycles. The van der Waals surface area contributed by atoms with Crippen molar-refractivity contribution in [3.05, 3.63) is 18.2 Å². The van der Waals surface area contributed by atoms with Gasteiger partial charge < -0.3 is 15.4 Å². The molecular formula is C8H15N3O. The van der Waals surface area contributed by atoms with Crippen LogP contribution in [0.2, 0.25) is 0 Å². The van der Waals surface area contributed by atoms with Crippen LogP contribution in [0.4, 0.5) is 0 Å². The van der Waals surface area contributed by atoms with Crippen molar-refractivity contribution >= 4 is 0 Å². The molecule has 12 heavy (non-hydrogen) atoms. The molecular weight excluding hydrogens is 154 g/mol. The highest BCUT2D eigenvalue weighted by atomic mass is 16.3. The third-order valence-electron chi connectivity index (χ3n) is 1.73. The molecule has 0 aliphatic rings. The molecule has 3 N–H and O–H groups in total. The fourth-order valence-corrected chi connectivity index (χ4v) is 1.03. The molecule has 0 saturated carbocycles. The summed E-state index contributed by atoms with van der Waals surface area (Å²) in [5.41, 5.74) is 6.29. The Kier molecular flexibility index (Phi) is 3.25. The summed E-state index contributed by atoms with van der Waals surface area (Å²) in [5.74, 6) is 0.268. The average Bonchev–Trinajstić information content (AvgIpc) is 2.52. The zero-order chi connectivity index (χ0) is 8.97. The topological polar surface area (TPSA) is 64.1 Å². The Hall–Kier alpha value is -0.870. The zero-order valence-corrected chi connectivity index (χ0v) is 7.27. The van der Waals surface area contributed by atoms with Gasteiger partial charge in [-0.2, -0.15) is 0 Å². The van der Waals surface area contributed by atoms with Gasteiger partial charge in [-0.25, -0.2) is 4.98 Å². The Balaban J connectivity index is 2.52. The van der Waals surface area contributed by atoms with Crippen molar-refractivity contribution < 1.29 is 5.11 Å². The molecule has 0 saturated heterocycles. The van der Waals surface area contributed by atoms with Gasteiger partial charge in [0.25, 0.3) is 0 Å². The number of aromatic nitrogens is 2. The van der Waals surface area contributed by atoms with Crippen LogP contribution in [-0.4, -0.2) is 21.3 Å². The number of imidazole rings is 1. The van der Waals surface area contributed by atoms with Crippen LogP contribution in [0.5, 0.6) is 0 Å². The number of aliphatic hydroxyl groups excluding tert-OH is 1. The molecule has 0 amide bonds. The fraction of sp³-hybridized carbons (Fsp3) is 0.625. The molecule has 0 bridgehead atoms. The minimum Gasteiger partial charge on any atom is -0.396 e. The Morgan fingerprint density at radius 2 is 2.50 bits per heavy atom. The SMILES string of the molecule is CC(CO)Cn1cnc(CN)c1. The molecule has 1 heterocycles. The van der Waals surface area contributed by atoms with Crippen LogP contribution in [0.25, 0.3) is 0 Å². The van der Waals surface area contributed by atoms with Crippen LogP contribution in [0.1, 0.15) is 12.6 Å². The number of hydrogen-bond donors (Lipinski definition) is 2. The van der Waals surface area contributed by atoms with E-state index < -0.39 is 0 Å². The van der Waals surface area contributed by atoms with Gasteiger partial charge >= 0.3 is 0 Å². The smallest absolute Gasteiger partial charge is 0.0950 e. The van der Waals surface area contributed by atoms with E-state index in [0.29, 0.717) is 6.54 Å². The highest BCUT2D eigenvalue weighted by Gasteiger charge is 2.01. The van der Waals surface area contributed by atoms with E-state index in [-0.39, 0.29) is 12.5 Å². The van der Waals surface area contributed by atoms with Crippen molar-refractivity contribution in [2.75, 3.05) is 6.61 Å². The van der Waals surface area contributed by atoms with Crippen LogP contribution in [0.15, 0.2) is 12.5 Å². The minimum atomic E-state index is 0.205. The van der Waals surface area contributed by atoms with Gasteiger partial charge in [-0.1, -0.05) is 6.92 Å². The summed E-state index contributed by atoms with van der Waals surface area (Å²) < 4.78 is 1.95. The van der Waals surface area contributed by atoms with Crippen molar-refractivity contribution in [3.63, 3.8) is 0 Å². The molecule has 0 aromatic carbocycles. The van der Waals surface area contributed by atoms with E-state index in [2.05, 4.69) is 4.98 Å². The van der Waals surface area contributed by atoms with Gasteiger partial charge in [0.2, 0.25) is 0 Å². The van der Waals surface area contributed by atoms with Gasteiger partial charge in [0.1, 0.15) is 0 Å². The van der Waals surface area contributed by atoms with Gasteiger partial charge in [-0.15, -0.1) is 0 Å². The number of nitrogens with zero attached hydrogens (tertiary/aromatic N) is 2. The maximum absolute atomic E-state index is 8.80. The number of aliphatic hydroxyl groups is 1. The van der Waals surface area contributed by atoms with Crippen molar-refractivity contribution in [2.24, 2.45) is 11.7 Å². The van der Waals surface area contributed by atoms with E-state index in [1.54, 1.807) is 6.33 Å². The molecule has 4 nitrogen and oxygen atoms in total. The maximum atomic E-state index is 8.80. The van der Waals surface area contributed by atoms with Crippen LogP contribution in [0.3, 0.4) is 0 Å². The standard InChI is InChI=1S/C8H15N3O/c1-7(5-12)3-11-4-8(2-9)10-6-11/h4,6-7,12H,2-3,5,9H2,1H3. The van der Waals surface area contributed by atoms with Crippen LogP contribution < -0.4 is 5.73 Å². The van der Waals surface area contributed by atoms with E-state index in [1.807, 2.05) is 17.7 Å². The summed E-state index contributed by atoms with van der Waals surface area (Å²) in [7, 11) is 0. The molecule has 0 fully saturated rings. The van der Waals surface area contributed by atoms with Crippen LogP contribution >= 0.6 is 0 Å². The first kappa shape index (κ1) is 9.22. The van der Waals surface area contributed by atoms with Crippen molar-refractivity contribution in [3.8, 4) is 0 Å². The Labute approximate surface area is 72.0 Å². The summed E-state index contributed by atoms with van der Waals surface area (Å²) in [6, 6.07) is 0. The Morgan fingerprint density at radius 1 is 1.75 bits per heavy atom. The maximum Gasteiger partial charge on any atom is 0.0950 e. The van der Waals surface area contributed by atoms with E-state index in [4.69, 9.17) is 10.8 Å². The van der Waals surface area contributed by atoms with Gasteiger partial charge in [-0.3, -0.25) is 0 Å². The summed E-state index contributed by atoms with van der Waals surface area (Å²) >= 11 is 0. The van der Waals surface area contributed by atoms with E-state index >= 15 is 0 Å². The Morgan fingerprint density at radius 3 is 3.00 bits per heavy atom. The predicted octanol–water partition coefficient (Wildman–Crippen LogP) is -0.0298. The third kappa shape index (κ3) is 2.32. The molecule has 4 heteroatoms. The number of nitrogens with two attached hydrogens (primary N) is 1. The lowest BCUT2D eigenvalue weighted by atomic mass is 10.2. The molecule has 0 spiro atoms. The monoisotopic (exact) mass is 169 g/mol. The summed E-state index contributed by atoms with van der Waals surface area (Å²) in [6.07, 6.45) is 3.65. The van der Waals surface area contributed by atoms with Crippen LogP contribution in [-0.2, 0) is 13.1 Å². The van der Waals surface area contributed by atoms with Crippen molar-refractivity contribution in [1.82, 2.24) is 9.55 Å².